The van der Waals surface area contributed by atoms with Crippen molar-refractivity contribution in [1.82, 2.24) is 4.98 Å². The summed E-state index contributed by atoms with van der Waals surface area (Å²) in [5, 5.41) is 12.6. The molecule has 21 heavy (non-hydrogen) atoms. The molecule has 0 amide bonds. The summed E-state index contributed by atoms with van der Waals surface area (Å²) in [4.78, 5) is 6.49. The number of benzene rings is 1. The average Bonchev–Trinajstić information content (AvgIpc) is 2.54. The number of hydrogen-bond acceptors (Lipinski definition) is 4. The number of nitrogens with zero attached hydrogens (tertiary/aromatic N) is 2. The number of nitrogens with one attached hydrogen (secondary N) is 1. The molecule has 0 radical (unpaired) electrons. The molecule has 0 aliphatic rings. The molecule has 0 bridgehead atoms. The molecule has 112 valence electrons. The lowest BCUT2D eigenvalue weighted by Crippen LogP contribution is -2.26. The number of anilines is 2. The minimum Gasteiger partial charge on any atom is -0.395 e. The van der Waals surface area contributed by atoms with Crippen molar-refractivity contribution >= 4 is 11.5 Å². The Morgan fingerprint density at radius 3 is 2.71 bits per heavy atom. The molecule has 0 spiro atoms. The van der Waals surface area contributed by atoms with E-state index in [0.717, 1.165) is 31.0 Å². The summed E-state index contributed by atoms with van der Waals surface area (Å²) in [6.07, 6.45) is 2.87. The average molecular weight is 285 g/mol. The second kappa shape index (κ2) is 8.27. The number of aliphatic hydroxyl groups excluding tert-OH is 1. The van der Waals surface area contributed by atoms with Crippen LogP contribution in [-0.4, -0.2) is 29.8 Å². The molecule has 2 aromatic rings. The third-order valence-electron chi connectivity index (χ3n) is 3.25. The maximum absolute atomic E-state index is 9.31. The molecule has 4 heteroatoms. The predicted octanol–water partition coefficient (Wildman–Crippen LogP) is 2.90. The standard InChI is InChI=1S/C17H23N3O/c1-2-9-18-17-13-16(8-10-19-17)20(11-12-21)14-15-6-4-3-5-7-15/h3-8,10,13,21H,2,9,11-12,14H2,1H3,(H,18,19). The Morgan fingerprint density at radius 2 is 2.00 bits per heavy atom. The van der Waals surface area contributed by atoms with Crippen LogP contribution >= 0.6 is 0 Å². The van der Waals surface area contributed by atoms with Crippen molar-refractivity contribution in [2.75, 3.05) is 29.9 Å². The SMILES string of the molecule is CCCNc1cc(N(CCO)Cc2ccccc2)ccn1. The van der Waals surface area contributed by atoms with Crippen molar-refractivity contribution in [3.05, 3.63) is 54.2 Å². The molecule has 0 aliphatic heterocycles. The van der Waals surface area contributed by atoms with Crippen LogP contribution in [0.1, 0.15) is 18.9 Å². The van der Waals surface area contributed by atoms with Gasteiger partial charge < -0.3 is 15.3 Å². The molecule has 1 aromatic carbocycles. The van der Waals surface area contributed by atoms with E-state index in [4.69, 9.17) is 0 Å². The van der Waals surface area contributed by atoms with E-state index in [1.54, 1.807) is 0 Å². The molecule has 0 saturated heterocycles. The molecule has 0 atom stereocenters. The number of rotatable bonds is 8. The zero-order valence-electron chi connectivity index (χ0n) is 12.5. The predicted molar refractivity (Wildman–Crippen MR) is 87.6 cm³/mol. The Kier molecular flexibility index (Phi) is 6.03. The monoisotopic (exact) mass is 285 g/mol. The second-order valence-electron chi connectivity index (χ2n) is 4.96. The first-order chi connectivity index (χ1) is 10.3. The van der Waals surface area contributed by atoms with Crippen LogP contribution in [0.15, 0.2) is 48.7 Å². The smallest absolute Gasteiger partial charge is 0.127 e. The third kappa shape index (κ3) is 4.76. The maximum atomic E-state index is 9.31. The first kappa shape index (κ1) is 15.3. The fourth-order valence-electron chi connectivity index (χ4n) is 2.19. The fourth-order valence-corrected chi connectivity index (χ4v) is 2.19. The van der Waals surface area contributed by atoms with Gasteiger partial charge in [0, 0.05) is 37.6 Å². The highest BCUT2D eigenvalue weighted by molar-refractivity contribution is 5.54. The van der Waals surface area contributed by atoms with Gasteiger partial charge in [0.05, 0.1) is 6.61 Å². The Labute approximate surface area is 126 Å². The molecule has 1 aromatic heterocycles. The summed E-state index contributed by atoms with van der Waals surface area (Å²) >= 11 is 0. The van der Waals surface area contributed by atoms with E-state index < -0.39 is 0 Å². The van der Waals surface area contributed by atoms with Crippen LogP contribution in [0.4, 0.5) is 11.5 Å². The molecule has 4 nitrogen and oxygen atoms in total. The van der Waals surface area contributed by atoms with E-state index in [1.165, 1.54) is 5.56 Å². The minimum absolute atomic E-state index is 0.132. The summed E-state index contributed by atoms with van der Waals surface area (Å²) in [5.41, 5.74) is 2.30. The largest absolute Gasteiger partial charge is 0.395 e. The first-order valence-electron chi connectivity index (χ1n) is 7.43. The van der Waals surface area contributed by atoms with E-state index in [2.05, 4.69) is 34.3 Å². The van der Waals surface area contributed by atoms with Crippen molar-refractivity contribution in [3.63, 3.8) is 0 Å². The molecule has 2 rings (SSSR count). The van der Waals surface area contributed by atoms with Gasteiger partial charge >= 0.3 is 0 Å². The van der Waals surface area contributed by atoms with Crippen molar-refractivity contribution in [1.29, 1.82) is 0 Å². The Hall–Kier alpha value is -2.07. The second-order valence-corrected chi connectivity index (χ2v) is 4.96. The molecular weight excluding hydrogens is 262 g/mol. The molecule has 0 aliphatic carbocycles. The van der Waals surface area contributed by atoms with Gasteiger partial charge in [0.1, 0.15) is 5.82 Å². The van der Waals surface area contributed by atoms with Crippen molar-refractivity contribution in [2.45, 2.75) is 19.9 Å². The van der Waals surface area contributed by atoms with Gasteiger partial charge in [0.15, 0.2) is 0 Å². The first-order valence-corrected chi connectivity index (χ1v) is 7.43. The summed E-state index contributed by atoms with van der Waals surface area (Å²) in [5.74, 6) is 0.880. The van der Waals surface area contributed by atoms with E-state index in [9.17, 15) is 5.11 Å². The highest BCUT2D eigenvalue weighted by Crippen LogP contribution is 2.19. The van der Waals surface area contributed by atoms with Crippen LogP contribution in [0, 0.1) is 0 Å². The summed E-state index contributed by atoms with van der Waals surface area (Å²) in [6, 6.07) is 14.3. The normalized spacial score (nSPS) is 10.4. The number of pyridine rings is 1. The van der Waals surface area contributed by atoms with Crippen molar-refractivity contribution in [3.8, 4) is 0 Å². The lowest BCUT2D eigenvalue weighted by molar-refractivity contribution is 0.301. The van der Waals surface area contributed by atoms with Gasteiger partial charge in [-0.2, -0.15) is 0 Å². The van der Waals surface area contributed by atoms with Crippen molar-refractivity contribution in [2.24, 2.45) is 0 Å². The highest BCUT2D eigenvalue weighted by atomic mass is 16.3. The van der Waals surface area contributed by atoms with Gasteiger partial charge in [0.25, 0.3) is 0 Å². The van der Waals surface area contributed by atoms with E-state index in [1.807, 2.05) is 36.5 Å². The molecule has 0 unspecified atom stereocenters. The third-order valence-corrected chi connectivity index (χ3v) is 3.25. The van der Waals surface area contributed by atoms with E-state index in [0.29, 0.717) is 6.54 Å². The van der Waals surface area contributed by atoms with Crippen LogP contribution in [0.5, 0.6) is 0 Å². The van der Waals surface area contributed by atoms with Gasteiger partial charge in [0.2, 0.25) is 0 Å². The van der Waals surface area contributed by atoms with Gasteiger partial charge in [-0.1, -0.05) is 37.3 Å². The van der Waals surface area contributed by atoms with Gasteiger partial charge in [-0.25, -0.2) is 4.98 Å². The Morgan fingerprint density at radius 1 is 1.19 bits per heavy atom. The summed E-state index contributed by atoms with van der Waals surface area (Å²) in [7, 11) is 0. The van der Waals surface area contributed by atoms with Crippen LogP contribution < -0.4 is 10.2 Å². The quantitative estimate of drug-likeness (QED) is 0.783. The van der Waals surface area contributed by atoms with E-state index in [-0.39, 0.29) is 6.61 Å². The Balaban J connectivity index is 2.13. The van der Waals surface area contributed by atoms with Crippen LogP contribution in [0.25, 0.3) is 0 Å². The number of hydrogen-bond donors (Lipinski definition) is 2. The topological polar surface area (TPSA) is 48.4 Å². The molecule has 2 N–H and O–H groups in total. The van der Waals surface area contributed by atoms with Crippen LogP contribution in [0.3, 0.4) is 0 Å². The maximum Gasteiger partial charge on any atom is 0.127 e. The van der Waals surface area contributed by atoms with Gasteiger partial charge in [-0.15, -0.1) is 0 Å². The molecular formula is C17H23N3O. The van der Waals surface area contributed by atoms with Gasteiger partial charge in [-0.3, -0.25) is 0 Å². The lowest BCUT2D eigenvalue weighted by atomic mass is 10.2. The molecule has 1 heterocycles. The van der Waals surface area contributed by atoms with Crippen LogP contribution in [0.2, 0.25) is 0 Å². The zero-order chi connectivity index (χ0) is 14.9. The molecule has 0 saturated carbocycles. The lowest BCUT2D eigenvalue weighted by Gasteiger charge is -2.24. The van der Waals surface area contributed by atoms with Crippen molar-refractivity contribution < 1.29 is 5.11 Å². The fraction of sp³-hybridized carbons (Fsp3) is 0.353. The van der Waals surface area contributed by atoms with Crippen LogP contribution in [-0.2, 0) is 6.54 Å². The molecule has 0 fully saturated rings. The van der Waals surface area contributed by atoms with Gasteiger partial charge in [-0.05, 0) is 18.1 Å². The summed E-state index contributed by atoms with van der Waals surface area (Å²) < 4.78 is 0. The number of aliphatic hydroxyl groups is 1. The minimum atomic E-state index is 0.132. The Bertz CT molecular complexity index is 531. The summed E-state index contributed by atoms with van der Waals surface area (Å²) in [6.45, 7) is 4.55. The number of aromatic nitrogens is 1. The zero-order valence-corrected chi connectivity index (χ0v) is 12.5. The highest BCUT2D eigenvalue weighted by Gasteiger charge is 2.08. The van der Waals surface area contributed by atoms with E-state index >= 15 is 0 Å².